The molecule has 0 saturated heterocycles. The molecule has 174 valence electrons. The number of methoxy groups -OCH3 is 2. The zero-order valence-corrected chi connectivity index (χ0v) is 20.1. The van der Waals surface area contributed by atoms with Crippen molar-refractivity contribution < 1.29 is 33.0 Å². The van der Waals surface area contributed by atoms with Gasteiger partial charge in [0.05, 0.1) is 38.9 Å². The van der Waals surface area contributed by atoms with Crippen molar-refractivity contribution in [3.05, 3.63) is 56.6 Å². The summed E-state index contributed by atoms with van der Waals surface area (Å²) >= 11 is 12.2. The third-order valence-electron chi connectivity index (χ3n) is 5.99. The molecule has 0 bridgehead atoms. The van der Waals surface area contributed by atoms with Crippen LogP contribution in [-0.4, -0.2) is 57.4 Å². The Balaban J connectivity index is 1.77. The number of fused-ring (bicyclic) bond motifs is 2. The number of rotatable bonds is 6. The molecule has 2 aromatic rings. The highest BCUT2D eigenvalue weighted by Crippen LogP contribution is 2.50. The third kappa shape index (κ3) is 4.53. The van der Waals surface area contributed by atoms with Crippen molar-refractivity contribution in [1.82, 2.24) is 0 Å². The Kier molecular flexibility index (Phi) is 6.56. The fourth-order valence-electron chi connectivity index (χ4n) is 4.35. The van der Waals surface area contributed by atoms with Gasteiger partial charge in [-0.3, -0.25) is 4.79 Å². The van der Waals surface area contributed by atoms with Gasteiger partial charge in [-0.15, -0.1) is 0 Å². The highest BCUT2D eigenvalue weighted by atomic mass is 35.5. The van der Waals surface area contributed by atoms with E-state index < -0.39 is 0 Å². The minimum absolute atomic E-state index is 0.00409. The molecule has 2 aromatic carbocycles. The number of hydrogen-bond donors (Lipinski definition) is 0. The predicted octanol–water partition coefficient (Wildman–Crippen LogP) is 4.30. The fraction of sp³-hybridized carbons (Fsp3) is 0.333. The maximum absolute atomic E-state index is 13.4. The Morgan fingerprint density at radius 3 is 2.61 bits per heavy atom. The summed E-state index contributed by atoms with van der Waals surface area (Å²) in [7, 11) is 4.91. The van der Waals surface area contributed by atoms with Gasteiger partial charge in [-0.1, -0.05) is 29.3 Å². The second-order valence-electron chi connectivity index (χ2n) is 8.28. The number of quaternary nitrogens is 1. The van der Waals surface area contributed by atoms with Crippen LogP contribution in [0.2, 0.25) is 10.0 Å². The Hall–Kier alpha value is -2.74. The van der Waals surface area contributed by atoms with Crippen molar-refractivity contribution in [1.29, 1.82) is 0 Å². The number of hydrogen-bond acceptors (Lipinski definition) is 6. The number of halogens is 2. The number of benzene rings is 2. The largest absolute Gasteiger partial charge is 0.492 e. The van der Waals surface area contributed by atoms with Crippen LogP contribution in [0, 0.1) is 0 Å². The van der Waals surface area contributed by atoms with Crippen LogP contribution < -0.4 is 14.2 Å². The number of ether oxygens (including phenoxy) is 4. The first-order valence-corrected chi connectivity index (χ1v) is 11.1. The quantitative estimate of drug-likeness (QED) is 0.259. The van der Waals surface area contributed by atoms with E-state index in [-0.39, 0.29) is 25.1 Å². The van der Waals surface area contributed by atoms with E-state index in [1.165, 1.54) is 13.2 Å². The Labute approximate surface area is 202 Å². The topological polar surface area (TPSA) is 71.1 Å². The molecule has 0 radical (unpaired) electrons. The molecule has 0 N–H and O–H groups in total. The van der Waals surface area contributed by atoms with Gasteiger partial charge in [0.2, 0.25) is 12.5 Å². The molecule has 0 amide bonds. The van der Waals surface area contributed by atoms with Gasteiger partial charge in [-0.05, 0) is 35.4 Å². The number of nitrogens with zero attached hydrogens (tertiary/aromatic N) is 1. The van der Waals surface area contributed by atoms with Crippen LogP contribution in [0.1, 0.15) is 27.0 Å². The second-order valence-corrected chi connectivity index (χ2v) is 9.12. The lowest BCUT2D eigenvalue weighted by Crippen LogP contribution is -2.51. The van der Waals surface area contributed by atoms with E-state index in [0.29, 0.717) is 62.4 Å². The first-order chi connectivity index (χ1) is 15.8. The summed E-state index contributed by atoms with van der Waals surface area (Å²) in [6.45, 7) is 1.34. The van der Waals surface area contributed by atoms with Gasteiger partial charge in [0.25, 0.3) is 0 Å². The van der Waals surface area contributed by atoms with Crippen molar-refractivity contribution in [3.63, 3.8) is 0 Å². The third-order valence-corrected chi connectivity index (χ3v) is 6.56. The van der Waals surface area contributed by atoms with E-state index in [1.54, 1.807) is 31.4 Å². The molecular formula is C24H24Cl2NO6+. The standard InChI is InChI=1S/C24H24Cl2NO6/c1-27(12-20(29)30-2)9-8-16-17(11-27)22(31-3)24-23(32-13-33-24)21(16)19(28)7-5-14-4-6-15(25)10-18(14)26/h4-7,10H,8-9,11-13H2,1-3H3/q+1. The average molecular weight is 493 g/mol. The van der Waals surface area contributed by atoms with Gasteiger partial charge in [0.15, 0.2) is 23.8 Å². The van der Waals surface area contributed by atoms with Crippen molar-refractivity contribution >= 4 is 41.0 Å². The van der Waals surface area contributed by atoms with Gasteiger partial charge in [-0.25, -0.2) is 4.79 Å². The Morgan fingerprint density at radius 1 is 1.15 bits per heavy atom. The minimum atomic E-state index is -0.292. The molecule has 2 aliphatic heterocycles. The first-order valence-electron chi connectivity index (χ1n) is 10.4. The number of ketones is 1. The van der Waals surface area contributed by atoms with Crippen LogP contribution in [0.3, 0.4) is 0 Å². The van der Waals surface area contributed by atoms with E-state index in [0.717, 1.165) is 11.1 Å². The van der Waals surface area contributed by atoms with E-state index in [9.17, 15) is 9.59 Å². The summed E-state index contributed by atoms with van der Waals surface area (Å²) < 4.78 is 22.4. The second kappa shape index (κ2) is 9.25. The molecule has 9 heteroatoms. The lowest BCUT2D eigenvalue weighted by atomic mass is 9.89. The molecule has 0 saturated carbocycles. The highest BCUT2D eigenvalue weighted by Gasteiger charge is 2.40. The fourth-order valence-corrected chi connectivity index (χ4v) is 4.83. The van der Waals surface area contributed by atoms with Gasteiger partial charge < -0.3 is 23.4 Å². The lowest BCUT2D eigenvalue weighted by molar-refractivity contribution is -0.917. The summed E-state index contributed by atoms with van der Waals surface area (Å²) in [5.74, 6) is 0.800. The minimum Gasteiger partial charge on any atom is -0.492 e. The van der Waals surface area contributed by atoms with Gasteiger partial charge in [0, 0.05) is 16.5 Å². The molecule has 0 spiro atoms. The monoisotopic (exact) mass is 492 g/mol. The van der Waals surface area contributed by atoms with E-state index >= 15 is 0 Å². The Morgan fingerprint density at radius 2 is 1.91 bits per heavy atom. The number of likely N-dealkylation sites (N-methyl/N-ethyl adjacent to an activating group) is 1. The zero-order chi connectivity index (χ0) is 23.8. The molecule has 1 unspecified atom stereocenters. The molecule has 1 atom stereocenters. The lowest BCUT2D eigenvalue weighted by Gasteiger charge is -2.38. The summed E-state index contributed by atoms with van der Waals surface area (Å²) in [4.78, 5) is 25.4. The van der Waals surface area contributed by atoms with E-state index in [1.807, 2.05) is 7.05 Å². The Bertz CT molecular complexity index is 1160. The number of carbonyl (C=O) groups is 2. The molecule has 0 fully saturated rings. The van der Waals surface area contributed by atoms with Crippen LogP contribution in [0.5, 0.6) is 17.2 Å². The highest BCUT2D eigenvalue weighted by molar-refractivity contribution is 6.35. The summed E-state index contributed by atoms with van der Waals surface area (Å²) in [6.07, 6.45) is 3.68. The molecule has 0 aliphatic carbocycles. The van der Waals surface area contributed by atoms with E-state index in [2.05, 4.69) is 0 Å². The summed E-state index contributed by atoms with van der Waals surface area (Å²) in [6, 6.07) is 5.08. The number of allylic oxidation sites excluding steroid dienone is 1. The van der Waals surface area contributed by atoms with Crippen LogP contribution in [0.4, 0.5) is 0 Å². The maximum Gasteiger partial charge on any atom is 0.361 e. The van der Waals surface area contributed by atoms with Crippen molar-refractivity contribution in [2.45, 2.75) is 13.0 Å². The van der Waals surface area contributed by atoms with E-state index in [4.69, 9.17) is 42.1 Å². The zero-order valence-electron chi connectivity index (χ0n) is 18.6. The molecular weight excluding hydrogens is 469 g/mol. The maximum atomic E-state index is 13.4. The molecule has 0 aromatic heterocycles. The molecule has 2 heterocycles. The number of carbonyl (C=O) groups excluding carboxylic acids is 2. The molecule has 4 rings (SSSR count). The summed E-state index contributed by atoms with van der Waals surface area (Å²) in [5.41, 5.74) is 2.80. The van der Waals surface area contributed by atoms with Crippen LogP contribution >= 0.6 is 23.2 Å². The normalized spacial score (nSPS) is 18.8. The molecule has 7 nitrogen and oxygen atoms in total. The van der Waals surface area contributed by atoms with Crippen molar-refractivity contribution in [3.8, 4) is 17.2 Å². The molecule has 33 heavy (non-hydrogen) atoms. The van der Waals surface area contributed by atoms with Crippen LogP contribution in [0.25, 0.3) is 6.08 Å². The van der Waals surface area contributed by atoms with Crippen molar-refractivity contribution in [2.24, 2.45) is 0 Å². The summed E-state index contributed by atoms with van der Waals surface area (Å²) in [5, 5.41) is 0.966. The van der Waals surface area contributed by atoms with Gasteiger partial charge in [-0.2, -0.15) is 0 Å². The predicted molar refractivity (Wildman–Crippen MR) is 124 cm³/mol. The molecule has 2 aliphatic rings. The first kappa shape index (κ1) is 23.4. The van der Waals surface area contributed by atoms with Crippen molar-refractivity contribution in [2.75, 3.05) is 41.1 Å². The van der Waals surface area contributed by atoms with Gasteiger partial charge in [0.1, 0.15) is 6.54 Å². The van der Waals surface area contributed by atoms with Crippen LogP contribution in [0.15, 0.2) is 24.3 Å². The average Bonchev–Trinajstić information content (AvgIpc) is 3.25. The van der Waals surface area contributed by atoms with Gasteiger partial charge >= 0.3 is 5.97 Å². The SMILES string of the molecule is COC(=O)C[N+]1(C)CCc2c(c(OC)c3c(c2C(=O)C=Cc2ccc(Cl)cc2Cl)OCO3)C1. The van der Waals surface area contributed by atoms with Crippen LogP contribution in [-0.2, 0) is 22.5 Å². The smallest absolute Gasteiger partial charge is 0.361 e. The number of esters is 1.